The molecule has 1 aliphatic heterocycles. The molecule has 11 nitrogen and oxygen atoms in total. The van der Waals surface area contributed by atoms with Crippen LogP contribution in [0.4, 0.5) is 11.6 Å². The fraction of sp³-hybridized carbons (Fsp3) is 0.516. The van der Waals surface area contributed by atoms with Gasteiger partial charge in [0.25, 0.3) is 0 Å². The van der Waals surface area contributed by atoms with Gasteiger partial charge in [-0.2, -0.15) is 5.10 Å². The Kier molecular flexibility index (Phi) is 12.6. The number of Topliss-reactive ketones (excluding diaryl/α,β-unsaturated/α-hetero) is 1. The molecule has 1 aromatic carbocycles. The molecule has 11 heteroatoms. The molecular formula is C31H46N8O3. The summed E-state index contributed by atoms with van der Waals surface area (Å²) in [7, 11) is 1.86. The van der Waals surface area contributed by atoms with Crippen molar-refractivity contribution in [2.75, 3.05) is 25.0 Å². The molecular weight excluding hydrogens is 532 g/mol. The molecule has 5 N–H and O–H groups in total. The zero-order valence-corrected chi connectivity index (χ0v) is 25.5. The largest absolute Gasteiger partial charge is 0.372 e. The maximum absolute atomic E-state index is 12.5. The summed E-state index contributed by atoms with van der Waals surface area (Å²) >= 11 is 0. The van der Waals surface area contributed by atoms with Crippen molar-refractivity contribution in [1.29, 1.82) is 0 Å². The molecule has 1 amide bonds. The van der Waals surface area contributed by atoms with Crippen LogP contribution < -0.4 is 16.8 Å². The van der Waals surface area contributed by atoms with Gasteiger partial charge in [-0.1, -0.05) is 18.6 Å². The highest BCUT2D eigenvalue weighted by atomic mass is 16.5. The molecule has 4 rings (SSSR count). The van der Waals surface area contributed by atoms with Crippen LogP contribution in [0.1, 0.15) is 57.6 Å². The van der Waals surface area contributed by atoms with E-state index in [0.717, 1.165) is 48.2 Å². The molecule has 0 spiro atoms. The van der Waals surface area contributed by atoms with E-state index in [1.165, 1.54) is 12.5 Å². The lowest BCUT2D eigenvalue weighted by molar-refractivity contribution is -0.148. The smallest absolute Gasteiger partial charge is 0.227 e. The van der Waals surface area contributed by atoms with E-state index < -0.39 is 0 Å². The normalized spacial score (nSPS) is 13.8. The van der Waals surface area contributed by atoms with Gasteiger partial charge in [0.05, 0.1) is 35.8 Å². The molecule has 1 aliphatic rings. The van der Waals surface area contributed by atoms with Gasteiger partial charge >= 0.3 is 0 Å². The van der Waals surface area contributed by atoms with E-state index in [1.54, 1.807) is 17.1 Å². The summed E-state index contributed by atoms with van der Waals surface area (Å²) in [5.41, 5.74) is 15.8. The minimum Gasteiger partial charge on any atom is -0.372 e. The molecule has 0 saturated carbocycles. The number of carbonyl (C=O) groups excluding carboxylic acids is 2. The van der Waals surface area contributed by atoms with Crippen LogP contribution in [0.3, 0.4) is 0 Å². The van der Waals surface area contributed by atoms with E-state index >= 15 is 0 Å². The van der Waals surface area contributed by atoms with Crippen molar-refractivity contribution in [3.8, 4) is 11.3 Å². The van der Waals surface area contributed by atoms with Gasteiger partial charge in [0, 0.05) is 44.5 Å². The number of anilines is 2. The predicted molar refractivity (Wildman–Crippen MR) is 165 cm³/mol. The number of nitrogens with one attached hydrogen (secondary N) is 1. The van der Waals surface area contributed by atoms with Crippen molar-refractivity contribution in [2.45, 2.75) is 78.0 Å². The molecule has 1 fully saturated rings. The van der Waals surface area contributed by atoms with Crippen LogP contribution in [0.5, 0.6) is 0 Å². The van der Waals surface area contributed by atoms with Gasteiger partial charge in [-0.3, -0.25) is 14.3 Å². The third-order valence-corrected chi connectivity index (χ3v) is 7.02. The van der Waals surface area contributed by atoms with Crippen LogP contribution in [0.25, 0.3) is 11.3 Å². The summed E-state index contributed by atoms with van der Waals surface area (Å²) < 4.78 is 7.45. The number of rotatable bonds is 13. The van der Waals surface area contributed by atoms with Gasteiger partial charge in [0.1, 0.15) is 5.78 Å². The van der Waals surface area contributed by atoms with E-state index in [1.807, 2.05) is 38.1 Å². The van der Waals surface area contributed by atoms with Gasteiger partial charge in [-0.15, -0.1) is 0 Å². The summed E-state index contributed by atoms with van der Waals surface area (Å²) in [6, 6.07) is 7.89. The topological polar surface area (TPSA) is 154 Å². The SMILES string of the molecule is CC(=O)[C@@H](N)CCCCN.Cc1cc(-c2ccnc(Nc3cnn(C)c3)n2)ccc1CCC(=O)N1CC(OC(C)C)C1. The minimum atomic E-state index is -0.272. The van der Waals surface area contributed by atoms with Crippen molar-refractivity contribution in [2.24, 2.45) is 18.5 Å². The summed E-state index contributed by atoms with van der Waals surface area (Å²) in [6.45, 7) is 9.75. The lowest BCUT2D eigenvalue weighted by atomic mass is 9.99. The number of aromatic nitrogens is 4. The lowest BCUT2D eigenvalue weighted by Crippen LogP contribution is -2.55. The second kappa shape index (κ2) is 16.1. The van der Waals surface area contributed by atoms with Crippen molar-refractivity contribution in [3.63, 3.8) is 0 Å². The molecule has 0 aliphatic carbocycles. The Morgan fingerprint density at radius 1 is 1.19 bits per heavy atom. The minimum absolute atomic E-state index is 0.0667. The number of unbranched alkanes of at least 4 members (excludes halogenated alkanes) is 1. The second-order valence-corrected chi connectivity index (χ2v) is 11.0. The van der Waals surface area contributed by atoms with Gasteiger partial charge in [0.2, 0.25) is 11.9 Å². The van der Waals surface area contributed by atoms with Crippen LogP contribution in [-0.4, -0.2) is 74.2 Å². The zero-order valence-electron chi connectivity index (χ0n) is 25.5. The summed E-state index contributed by atoms with van der Waals surface area (Å²) in [5.74, 6) is 0.785. The highest BCUT2D eigenvalue weighted by molar-refractivity contribution is 5.81. The number of aryl methyl sites for hydroxylation is 3. The maximum atomic E-state index is 12.5. The highest BCUT2D eigenvalue weighted by Gasteiger charge is 2.31. The number of nitrogens with two attached hydrogens (primary N) is 2. The van der Waals surface area contributed by atoms with E-state index in [-0.39, 0.29) is 29.9 Å². The Hall–Kier alpha value is -3.67. The third-order valence-electron chi connectivity index (χ3n) is 7.02. The Bertz CT molecular complexity index is 1300. The Balaban J connectivity index is 0.000000416. The second-order valence-electron chi connectivity index (χ2n) is 11.0. The summed E-state index contributed by atoms with van der Waals surface area (Å²) in [5, 5.41) is 7.32. The number of benzene rings is 1. The summed E-state index contributed by atoms with van der Waals surface area (Å²) in [6.07, 6.45) is 9.66. The maximum Gasteiger partial charge on any atom is 0.227 e. The number of likely N-dealkylation sites (tertiary alicyclic amines) is 1. The van der Waals surface area contributed by atoms with Gasteiger partial charge in [-0.05, 0) is 76.8 Å². The average molecular weight is 579 g/mol. The van der Waals surface area contributed by atoms with Crippen LogP contribution in [-0.2, 0) is 27.8 Å². The van der Waals surface area contributed by atoms with E-state index in [0.29, 0.717) is 32.0 Å². The fourth-order valence-electron chi connectivity index (χ4n) is 4.55. The van der Waals surface area contributed by atoms with Gasteiger partial charge in [0.15, 0.2) is 0 Å². The number of amides is 1. The number of hydrogen-bond acceptors (Lipinski definition) is 9. The van der Waals surface area contributed by atoms with Crippen molar-refractivity contribution in [3.05, 3.63) is 54.0 Å². The average Bonchev–Trinajstić information content (AvgIpc) is 3.34. The number of ketones is 1. The Labute approximate surface area is 249 Å². The van der Waals surface area contributed by atoms with Crippen LogP contribution in [0, 0.1) is 6.92 Å². The van der Waals surface area contributed by atoms with Crippen molar-refractivity contribution in [1.82, 2.24) is 24.6 Å². The first-order valence-corrected chi connectivity index (χ1v) is 14.6. The fourth-order valence-corrected chi connectivity index (χ4v) is 4.55. The number of carbonyl (C=O) groups is 2. The van der Waals surface area contributed by atoms with Crippen molar-refractivity contribution >= 4 is 23.3 Å². The molecule has 2 aromatic heterocycles. The van der Waals surface area contributed by atoms with Crippen LogP contribution >= 0.6 is 0 Å². The molecule has 1 atom stereocenters. The number of nitrogens with zero attached hydrogens (tertiary/aromatic N) is 5. The zero-order chi connectivity index (χ0) is 30.6. The molecule has 0 unspecified atom stereocenters. The molecule has 228 valence electrons. The monoisotopic (exact) mass is 578 g/mol. The lowest BCUT2D eigenvalue weighted by Gasteiger charge is -2.40. The van der Waals surface area contributed by atoms with Gasteiger partial charge < -0.3 is 26.4 Å². The van der Waals surface area contributed by atoms with Crippen LogP contribution in [0.2, 0.25) is 0 Å². The summed E-state index contributed by atoms with van der Waals surface area (Å²) in [4.78, 5) is 33.9. The number of hydrogen-bond donors (Lipinski definition) is 3. The van der Waals surface area contributed by atoms with Gasteiger partial charge in [-0.25, -0.2) is 9.97 Å². The third kappa shape index (κ3) is 10.3. The van der Waals surface area contributed by atoms with E-state index in [2.05, 4.69) is 45.5 Å². The van der Waals surface area contributed by atoms with E-state index in [9.17, 15) is 9.59 Å². The molecule has 3 aromatic rings. The standard InChI is InChI=1S/C24H30N6O2.C7H16N2O/c1-16(2)32-21-14-30(15-21)23(31)8-7-18-5-6-19(11-17(18)3)22-9-10-25-24(28-22)27-20-12-26-29(4)13-20;1-6(10)7(9)4-2-3-5-8/h5-6,9-13,16,21H,7-8,14-15H2,1-4H3,(H,25,27,28);7H,2-5,8-9H2,1H3/t;7-/m.0/s1. The molecule has 3 heterocycles. The molecule has 0 radical (unpaired) electrons. The Morgan fingerprint density at radius 3 is 2.57 bits per heavy atom. The first-order valence-electron chi connectivity index (χ1n) is 14.6. The molecule has 1 saturated heterocycles. The first-order chi connectivity index (χ1) is 20.0. The number of ether oxygens (including phenoxy) is 1. The van der Waals surface area contributed by atoms with Crippen molar-refractivity contribution < 1.29 is 14.3 Å². The Morgan fingerprint density at radius 2 is 1.95 bits per heavy atom. The highest BCUT2D eigenvalue weighted by Crippen LogP contribution is 2.24. The van der Waals surface area contributed by atoms with Crippen LogP contribution in [0.15, 0.2) is 42.9 Å². The van der Waals surface area contributed by atoms with E-state index in [4.69, 9.17) is 16.2 Å². The first kappa shape index (κ1) is 32.8. The molecule has 42 heavy (non-hydrogen) atoms. The quantitative estimate of drug-likeness (QED) is 0.258. The molecule has 0 bridgehead atoms. The predicted octanol–water partition coefficient (Wildman–Crippen LogP) is 3.53.